The van der Waals surface area contributed by atoms with Crippen molar-refractivity contribution in [3.63, 3.8) is 0 Å². The maximum Gasteiger partial charge on any atom is 0.282 e. The number of halogens is 1. The van der Waals surface area contributed by atoms with E-state index in [0.717, 1.165) is 56.0 Å². The normalized spacial score (nSPS) is 20.4. The zero-order valence-corrected chi connectivity index (χ0v) is 17.6. The molecule has 1 spiro atoms. The smallest absolute Gasteiger partial charge is 0.282 e. The highest BCUT2D eigenvalue weighted by atomic mass is 35.5. The first-order valence-electron chi connectivity index (χ1n) is 11.0. The lowest BCUT2D eigenvalue weighted by molar-refractivity contribution is 0.354. The number of hydrogen-bond acceptors (Lipinski definition) is 4. The van der Waals surface area contributed by atoms with Crippen LogP contribution in [0.25, 0.3) is 16.6 Å². The number of fused-ring (bicyclic) bond motifs is 7. The standard InChI is InChI=1S/C24H25ClN4O/c25-18-2-1-3-20-21(18)22(30)28-23-24(8-12-27-13-9-24)17-14-16(4-5-19(17)29(20)23)15-6-10-26-11-7-15/h1-5,14-15,26-27H,6-13H2. The van der Waals surface area contributed by atoms with Crippen molar-refractivity contribution in [2.75, 3.05) is 26.2 Å². The van der Waals surface area contributed by atoms with Gasteiger partial charge in [0.2, 0.25) is 0 Å². The minimum Gasteiger partial charge on any atom is -0.317 e. The lowest BCUT2D eigenvalue weighted by Crippen LogP contribution is -2.41. The van der Waals surface area contributed by atoms with Crippen LogP contribution >= 0.6 is 11.6 Å². The Hall–Kier alpha value is -2.21. The summed E-state index contributed by atoms with van der Waals surface area (Å²) in [5, 5.41) is 7.95. The van der Waals surface area contributed by atoms with Gasteiger partial charge in [-0.15, -0.1) is 0 Å². The van der Waals surface area contributed by atoms with Gasteiger partial charge in [-0.25, -0.2) is 0 Å². The highest BCUT2D eigenvalue weighted by Gasteiger charge is 2.46. The van der Waals surface area contributed by atoms with Crippen molar-refractivity contribution >= 4 is 22.5 Å². The third-order valence-electron chi connectivity index (χ3n) is 7.34. The molecular formula is C24H25ClN4O. The Morgan fingerprint density at radius 1 is 1.03 bits per heavy atom. The number of aromatic nitrogens is 2. The molecule has 0 atom stereocenters. The topological polar surface area (TPSA) is 59.0 Å². The monoisotopic (exact) mass is 420 g/mol. The molecule has 3 aliphatic heterocycles. The van der Waals surface area contributed by atoms with Gasteiger partial charge in [0.05, 0.1) is 27.0 Å². The molecule has 5 nitrogen and oxygen atoms in total. The highest BCUT2D eigenvalue weighted by molar-refractivity contribution is 6.35. The minimum absolute atomic E-state index is 0.209. The highest BCUT2D eigenvalue weighted by Crippen LogP contribution is 2.49. The van der Waals surface area contributed by atoms with E-state index in [1.807, 2.05) is 12.1 Å². The maximum atomic E-state index is 13.0. The minimum atomic E-state index is -0.217. The van der Waals surface area contributed by atoms with Gasteiger partial charge >= 0.3 is 0 Å². The average Bonchev–Trinajstić information content (AvgIpc) is 3.04. The first-order chi connectivity index (χ1) is 14.7. The molecule has 2 aromatic carbocycles. The van der Waals surface area contributed by atoms with Crippen LogP contribution in [-0.4, -0.2) is 35.7 Å². The Morgan fingerprint density at radius 3 is 2.60 bits per heavy atom. The van der Waals surface area contributed by atoms with Gasteiger partial charge in [0, 0.05) is 0 Å². The predicted molar refractivity (Wildman–Crippen MR) is 120 cm³/mol. The first-order valence-corrected chi connectivity index (χ1v) is 11.3. The van der Waals surface area contributed by atoms with Crippen molar-refractivity contribution in [2.45, 2.75) is 37.0 Å². The second kappa shape index (κ2) is 6.91. The van der Waals surface area contributed by atoms with Crippen LogP contribution in [0.15, 0.2) is 41.2 Å². The molecule has 30 heavy (non-hydrogen) atoms. The van der Waals surface area contributed by atoms with Crippen LogP contribution in [-0.2, 0) is 5.41 Å². The molecule has 2 N–H and O–H groups in total. The van der Waals surface area contributed by atoms with Gasteiger partial charge in [-0.1, -0.05) is 29.8 Å². The van der Waals surface area contributed by atoms with Crippen molar-refractivity contribution in [1.29, 1.82) is 0 Å². The van der Waals surface area contributed by atoms with Gasteiger partial charge in [-0.3, -0.25) is 9.36 Å². The van der Waals surface area contributed by atoms with Crippen LogP contribution in [0.4, 0.5) is 0 Å². The molecule has 3 aliphatic rings. The van der Waals surface area contributed by atoms with Gasteiger partial charge in [0.25, 0.3) is 5.56 Å². The van der Waals surface area contributed by atoms with E-state index in [9.17, 15) is 4.79 Å². The summed E-state index contributed by atoms with van der Waals surface area (Å²) in [6.45, 7) is 4.02. The Kier molecular flexibility index (Phi) is 4.27. The van der Waals surface area contributed by atoms with E-state index in [2.05, 4.69) is 38.4 Å². The van der Waals surface area contributed by atoms with Crippen LogP contribution in [0.1, 0.15) is 48.6 Å². The third kappa shape index (κ3) is 2.55. The van der Waals surface area contributed by atoms with Crippen molar-refractivity contribution in [2.24, 2.45) is 0 Å². The van der Waals surface area contributed by atoms with Gasteiger partial charge in [-0.2, -0.15) is 4.98 Å². The number of rotatable bonds is 1. The molecule has 2 saturated heterocycles. The molecule has 154 valence electrons. The van der Waals surface area contributed by atoms with E-state index in [-0.39, 0.29) is 11.0 Å². The number of nitrogens with zero attached hydrogens (tertiary/aromatic N) is 2. The second-order valence-corrected chi connectivity index (χ2v) is 9.25. The molecule has 4 heterocycles. The Bertz CT molecular complexity index is 1210. The molecule has 6 heteroatoms. The fourth-order valence-electron chi connectivity index (χ4n) is 5.80. The summed E-state index contributed by atoms with van der Waals surface area (Å²) in [6, 6.07) is 12.7. The van der Waals surface area contributed by atoms with E-state index >= 15 is 0 Å². The Balaban J connectivity index is 1.64. The molecule has 0 aliphatic carbocycles. The molecule has 6 rings (SSSR count). The summed E-state index contributed by atoms with van der Waals surface area (Å²) in [5.41, 5.74) is 4.35. The second-order valence-electron chi connectivity index (χ2n) is 8.84. The van der Waals surface area contributed by atoms with E-state index in [1.54, 1.807) is 6.07 Å². The summed E-state index contributed by atoms with van der Waals surface area (Å²) in [7, 11) is 0. The van der Waals surface area contributed by atoms with E-state index in [1.165, 1.54) is 24.0 Å². The molecule has 0 unspecified atom stereocenters. The fourth-order valence-corrected chi connectivity index (χ4v) is 6.05. The fraction of sp³-hybridized carbons (Fsp3) is 0.417. The SMILES string of the molecule is O=c1nc2n(c3cccc(Cl)c13)-c1ccc(C3CCNCC3)cc1C21CCNCC1. The zero-order chi connectivity index (χ0) is 20.3. The Labute approximate surface area is 180 Å². The third-order valence-corrected chi connectivity index (χ3v) is 7.65. The van der Waals surface area contributed by atoms with Gasteiger partial charge in [0.1, 0.15) is 5.82 Å². The average molecular weight is 421 g/mol. The van der Waals surface area contributed by atoms with Crippen molar-refractivity contribution in [3.05, 3.63) is 68.7 Å². The molecule has 2 fully saturated rings. The van der Waals surface area contributed by atoms with E-state index in [0.29, 0.717) is 16.3 Å². The summed E-state index contributed by atoms with van der Waals surface area (Å²) in [6.07, 6.45) is 4.26. The van der Waals surface area contributed by atoms with E-state index < -0.39 is 0 Å². The first kappa shape index (κ1) is 18.6. The molecule has 3 aromatic rings. The molecule has 0 bridgehead atoms. The molecular weight excluding hydrogens is 396 g/mol. The Morgan fingerprint density at radius 2 is 1.80 bits per heavy atom. The lowest BCUT2D eigenvalue weighted by Gasteiger charge is -2.34. The number of hydrogen-bond donors (Lipinski definition) is 2. The van der Waals surface area contributed by atoms with Crippen LogP contribution in [0.3, 0.4) is 0 Å². The summed E-state index contributed by atoms with van der Waals surface area (Å²) >= 11 is 6.43. The van der Waals surface area contributed by atoms with Crippen LogP contribution in [0.2, 0.25) is 5.02 Å². The molecule has 0 amide bonds. The molecule has 0 radical (unpaired) electrons. The van der Waals surface area contributed by atoms with Gasteiger partial charge in [0.15, 0.2) is 0 Å². The summed E-state index contributed by atoms with van der Waals surface area (Å²) in [5.74, 6) is 1.49. The van der Waals surface area contributed by atoms with E-state index in [4.69, 9.17) is 11.6 Å². The summed E-state index contributed by atoms with van der Waals surface area (Å²) in [4.78, 5) is 17.7. The number of benzene rings is 2. The van der Waals surface area contributed by atoms with Crippen molar-refractivity contribution < 1.29 is 0 Å². The van der Waals surface area contributed by atoms with Gasteiger partial charge < -0.3 is 10.6 Å². The quantitative estimate of drug-likeness (QED) is 0.632. The summed E-state index contributed by atoms with van der Waals surface area (Å²) < 4.78 is 2.20. The molecule has 1 aromatic heterocycles. The predicted octanol–water partition coefficient (Wildman–Crippen LogP) is 3.49. The van der Waals surface area contributed by atoms with Gasteiger partial charge in [-0.05, 0) is 87.1 Å². The number of nitrogens with one attached hydrogen (secondary N) is 2. The van der Waals surface area contributed by atoms with Crippen molar-refractivity contribution in [1.82, 2.24) is 20.2 Å². The van der Waals surface area contributed by atoms with Crippen molar-refractivity contribution in [3.8, 4) is 5.69 Å². The zero-order valence-electron chi connectivity index (χ0n) is 16.9. The van der Waals surface area contributed by atoms with Crippen LogP contribution in [0, 0.1) is 0 Å². The molecule has 0 saturated carbocycles. The van der Waals surface area contributed by atoms with Crippen LogP contribution < -0.4 is 16.2 Å². The largest absolute Gasteiger partial charge is 0.317 e. The van der Waals surface area contributed by atoms with Crippen LogP contribution in [0.5, 0.6) is 0 Å². The number of piperidine rings is 2. The maximum absolute atomic E-state index is 13.0. The lowest BCUT2D eigenvalue weighted by atomic mass is 9.72.